The van der Waals surface area contributed by atoms with Crippen molar-refractivity contribution >= 4 is 43.0 Å². The van der Waals surface area contributed by atoms with E-state index in [1.807, 2.05) is 0 Å². The van der Waals surface area contributed by atoms with Crippen molar-refractivity contribution in [3.05, 3.63) is 45.5 Å². The number of sulfonamides is 1. The highest BCUT2D eigenvalue weighted by molar-refractivity contribution is 9.10. The molecule has 1 aromatic heterocycles. The molecular formula is C12H12BrFN2O2S2. The van der Waals surface area contributed by atoms with Crippen LogP contribution in [-0.4, -0.2) is 15.5 Å². The molecule has 0 saturated carbocycles. The van der Waals surface area contributed by atoms with Crippen molar-refractivity contribution in [3.8, 4) is 0 Å². The van der Waals surface area contributed by atoms with Crippen LogP contribution in [0.3, 0.4) is 0 Å². The van der Waals surface area contributed by atoms with Gasteiger partial charge in [-0.1, -0.05) is 0 Å². The van der Waals surface area contributed by atoms with Gasteiger partial charge in [-0.15, -0.1) is 11.3 Å². The van der Waals surface area contributed by atoms with Crippen LogP contribution in [0.15, 0.2) is 38.3 Å². The number of halogens is 2. The number of hydrogen-bond donors (Lipinski definition) is 2. The number of anilines is 1. The summed E-state index contributed by atoms with van der Waals surface area (Å²) in [4.78, 5) is 0. The molecule has 0 atom stereocenters. The van der Waals surface area contributed by atoms with Gasteiger partial charge in [-0.2, -0.15) is 0 Å². The van der Waals surface area contributed by atoms with Crippen LogP contribution in [-0.2, 0) is 16.6 Å². The van der Waals surface area contributed by atoms with Gasteiger partial charge in [0.05, 0.1) is 5.69 Å². The van der Waals surface area contributed by atoms with Crippen LogP contribution in [0.4, 0.5) is 10.1 Å². The molecule has 1 aromatic carbocycles. The van der Waals surface area contributed by atoms with E-state index in [2.05, 4.69) is 26.0 Å². The Hall–Kier alpha value is -0.960. The average Bonchev–Trinajstić information content (AvgIpc) is 2.83. The van der Waals surface area contributed by atoms with Crippen LogP contribution in [0.25, 0.3) is 0 Å². The maximum Gasteiger partial charge on any atom is 0.271 e. The lowest BCUT2D eigenvalue weighted by Gasteiger charge is -2.08. The summed E-state index contributed by atoms with van der Waals surface area (Å²) >= 11 is 4.31. The Bertz CT molecular complexity index is 716. The summed E-state index contributed by atoms with van der Waals surface area (Å²) in [6.45, 7) is 0.593. The molecule has 2 rings (SSSR count). The van der Waals surface area contributed by atoms with Crippen LogP contribution in [0.5, 0.6) is 0 Å². The lowest BCUT2D eigenvalue weighted by Crippen LogP contribution is -2.12. The second-order valence-corrected chi connectivity index (χ2v) is 7.71. The molecule has 0 radical (unpaired) electrons. The first-order valence-corrected chi connectivity index (χ1v) is 8.78. The molecule has 8 heteroatoms. The summed E-state index contributed by atoms with van der Waals surface area (Å²) in [7, 11) is -1.92. The van der Waals surface area contributed by atoms with Gasteiger partial charge in [-0.3, -0.25) is 4.72 Å². The van der Waals surface area contributed by atoms with Gasteiger partial charge >= 0.3 is 0 Å². The van der Waals surface area contributed by atoms with Crippen molar-refractivity contribution in [1.82, 2.24) is 5.32 Å². The van der Waals surface area contributed by atoms with Gasteiger partial charge in [-0.05, 0) is 58.2 Å². The van der Waals surface area contributed by atoms with Crippen molar-refractivity contribution < 1.29 is 12.8 Å². The molecule has 0 unspecified atom stereocenters. The third-order valence-electron chi connectivity index (χ3n) is 2.45. The summed E-state index contributed by atoms with van der Waals surface area (Å²) in [6, 6.07) is 5.42. The van der Waals surface area contributed by atoms with Crippen molar-refractivity contribution in [3.63, 3.8) is 0 Å². The molecule has 2 N–H and O–H groups in total. The van der Waals surface area contributed by atoms with E-state index in [-0.39, 0.29) is 9.90 Å². The van der Waals surface area contributed by atoms with Crippen LogP contribution < -0.4 is 10.0 Å². The zero-order valence-corrected chi connectivity index (χ0v) is 13.7. The molecule has 0 aliphatic carbocycles. The minimum absolute atomic E-state index is 0.175. The van der Waals surface area contributed by atoms with Gasteiger partial charge in [0.2, 0.25) is 0 Å². The highest BCUT2D eigenvalue weighted by atomic mass is 79.9. The smallest absolute Gasteiger partial charge is 0.271 e. The predicted octanol–water partition coefficient (Wildman–Crippen LogP) is 3.17. The van der Waals surface area contributed by atoms with E-state index in [1.165, 1.54) is 12.1 Å². The monoisotopic (exact) mass is 378 g/mol. The lowest BCUT2D eigenvalue weighted by molar-refractivity contribution is 0.603. The molecule has 2 aromatic rings. The number of nitrogens with one attached hydrogen (secondary N) is 2. The summed E-state index contributed by atoms with van der Waals surface area (Å²) in [5.41, 5.74) is 1.06. The second kappa shape index (κ2) is 6.21. The van der Waals surface area contributed by atoms with Gasteiger partial charge in [0.15, 0.2) is 0 Å². The molecule has 1 heterocycles. The Morgan fingerprint density at radius 2 is 2.10 bits per heavy atom. The minimum Gasteiger partial charge on any atom is -0.316 e. The van der Waals surface area contributed by atoms with Crippen molar-refractivity contribution in [1.29, 1.82) is 0 Å². The summed E-state index contributed by atoms with van der Waals surface area (Å²) in [5.74, 6) is -0.507. The molecule has 0 bridgehead atoms. The van der Waals surface area contributed by atoms with Gasteiger partial charge in [0.1, 0.15) is 10.0 Å². The normalized spacial score (nSPS) is 11.6. The average molecular weight is 379 g/mol. The molecule has 108 valence electrons. The van der Waals surface area contributed by atoms with Crippen molar-refractivity contribution in [2.45, 2.75) is 10.8 Å². The molecule has 20 heavy (non-hydrogen) atoms. The highest BCUT2D eigenvalue weighted by Gasteiger charge is 2.18. The molecule has 0 saturated heterocycles. The van der Waals surface area contributed by atoms with Crippen LogP contribution in [0.2, 0.25) is 0 Å². The van der Waals surface area contributed by atoms with E-state index in [9.17, 15) is 12.8 Å². The Morgan fingerprint density at radius 1 is 1.35 bits per heavy atom. The number of thiophene rings is 1. The zero-order valence-electron chi connectivity index (χ0n) is 10.5. The van der Waals surface area contributed by atoms with Gasteiger partial charge in [0, 0.05) is 11.0 Å². The largest absolute Gasteiger partial charge is 0.316 e. The van der Waals surface area contributed by atoms with E-state index in [1.54, 1.807) is 18.5 Å². The van der Waals surface area contributed by atoms with E-state index < -0.39 is 15.8 Å². The van der Waals surface area contributed by atoms with E-state index in [0.29, 0.717) is 11.0 Å². The minimum atomic E-state index is -3.71. The summed E-state index contributed by atoms with van der Waals surface area (Å²) in [6.07, 6.45) is 0. The third-order valence-corrected chi connectivity index (χ3v) is 5.99. The first-order valence-electron chi connectivity index (χ1n) is 5.62. The molecule has 0 aliphatic rings. The quantitative estimate of drug-likeness (QED) is 0.839. The fourth-order valence-corrected chi connectivity index (χ4v) is 4.32. The molecular weight excluding hydrogens is 367 g/mol. The van der Waals surface area contributed by atoms with E-state index in [4.69, 9.17) is 0 Å². The molecule has 4 nitrogen and oxygen atoms in total. The maximum absolute atomic E-state index is 13.2. The molecule has 0 aliphatic heterocycles. The Balaban J connectivity index is 2.28. The van der Waals surface area contributed by atoms with Crippen LogP contribution >= 0.6 is 27.3 Å². The fourth-order valence-electron chi connectivity index (χ4n) is 1.56. The standard InChI is InChI=1S/C12H12BrFN2O2S2/c1-15-6-8-4-12(19-7-8)20(17,18)16-11-5-9(14)2-3-10(11)13/h2-5,7,15-16H,6H2,1H3. The van der Waals surface area contributed by atoms with Crippen LogP contribution in [0, 0.1) is 5.82 Å². The van der Waals surface area contributed by atoms with Crippen molar-refractivity contribution in [2.75, 3.05) is 11.8 Å². The van der Waals surface area contributed by atoms with E-state index >= 15 is 0 Å². The SMILES string of the molecule is CNCc1csc(S(=O)(=O)Nc2cc(F)ccc2Br)c1. The van der Waals surface area contributed by atoms with Gasteiger partial charge in [0.25, 0.3) is 10.0 Å². The third kappa shape index (κ3) is 3.57. The summed E-state index contributed by atoms with van der Waals surface area (Å²) in [5, 5.41) is 4.72. The second-order valence-electron chi connectivity index (χ2n) is 4.03. The first-order chi connectivity index (χ1) is 9.42. The number of benzene rings is 1. The Morgan fingerprint density at radius 3 is 2.80 bits per heavy atom. The van der Waals surface area contributed by atoms with Gasteiger partial charge in [-0.25, -0.2) is 12.8 Å². The maximum atomic E-state index is 13.2. The Labute approximate surface area is 129 Å². The number of hydrogen-bond acceptors (Lipinski definition) is 4. The number of rotatable bonds is 5. The van der Waals surface area contributed by atoms with Crippen molar-refractivity contribution in [2.24, 2.45) is 0 Å². The molecule has 0 fully saturated rings. The Kier molecular flexibility index (Phi) is 4.79. The molecule has 0 spiro atoms. The predicted molar refractivity (Wildman–Crippen MR) is 82.0 cm³/mol. The van der Waals surface area contributed by atoms with E-state index in [0.717, 1.165) is 23.0 Å². The topological polar surface area (TPSA) is 58.2 Å². The lowest BCUT2D eigenvalue weighted by atomic mass is 10.3. The van der Waals surface area contributed by atoms with Crippen LogP contribution in [0.1, 0.15) is 5.56 Å². The summed E-state index contributed by atoms with van der Waals surface area (Å²) < 4.78 is 40.7. The zero-order chi connectivity index (χ0) is 14.8. The van der Waals surface area contributed by atoms with Gasteiger partial charge < -0.3 is 5.32 Å². The first kappa shape index (κ1) is 15.4. The fraction of sp³-hybridized carbons (Fsp3) is 0.167. The highest BCUT2D eigenvalue weighted by Crippen LogP contribution is 2.28. The molecule has 0 amide bonds.